The average Bonchev–Trinajstić information content (AvgIpc) is 3.58. The van der Waals surface area contributed by atoms with E-state index in [1.54, 1.807) is 0 Å². The lowest BCUT2D eigenvalue weighted by molar-refractivity contribution is -0.124. The van der Waals surface area contributed by atoms with Gasteiger partial charge in [0.25, 0.3) is 5.91 Å². The minimum atomic E-state index is -0.739. The Morgan fingerprint density at radius 2 is 1.52 bits per heavy atom. The molecule has 0 spiro atoms. The molecule has 0 aliphatic heterocycles. The number of rotatable bonds is 8. The fourth-order valence-corrected chi connectivity index (χ4v) is 3.19. The third-order valence-corrected chi connectivity index (χ3v) is 5.33. The van der Waals surface area contributed by atoms with E-state index in [1.165, 1.54) is 24.3 Å². The Bertz CT molecular complexity index is 938. The van der Waals surface area contributed by atoms with E-state index in [0.29, 0.717) is 0 Å². The fourth-order valence-electron chi connectivity index (χ4n) is 3.19. The van der Waals surface area contributed by atoms with Crippen LogP contribution in [0.15, 0.2) is 48.5 Å². The Hall–Kier alpha value is -3.22. The van der Waals surface area contributed by atoms with Crippen LogP contribution in [0.25, 0.3) is 0 Å². The van der Waals surface area contributed by atoms with Crippen LogP contribution in [0.5, 0.6) is 0 Å². The quantitative estimate of drug-likeness (QED) is 0.601. The predicted octanol–water partition coefficient (Wildman–Crippen LogP) is 3.81. The van der Waals surface area contributed by atoms with Crippen molar-refractivity contribution in [3.63, 3.8) is 0 Å². The van der Waals surface area contributed by atoms with Crippen LogP contribution in [0, 0.1) is 17.7 Å². The van der Waals surface area contributed by atoms with Gasteiger partial charge in [0.1, 0.15) is 11.9 Å². The van der Waals surface area contributed by atoms with Crippen LogP contribution in [0.3, 0.4) is 0 Å². The molecule has 1 saturated carbocycles. The van der Waals surface area contributed by atoms with E-state index in [2.05, 4.69) is 16.0 Å². The molecular formula is C24H28FN3O3. The summed E-state index contributed by atoms with van der Waals surface area (Å²) in [5.74, 6) is -1.12. The molecule has 1 aliphatic rings. The summed E-state index contributed by atoms with van der Waals surface area (Å²) >= 11 is 0. The Balaban J connectivity index is 1.59. The SMILES string of the molecule is CC(NC(=O)C(NC(=O)c1ccc(F)cc1)C(C)C)c1ccc(NC(=O)C2CC2)cc1. The Morgan fingerprint density at radius 1 is 0.903 bits per heavy atom. The molecule has 164 valence electrons. The van der Waals surface area contributed by atoms with Gasteiger partial charge in [-0.1, -0.05) is 26.0 Å². The molecule has 2 atom stereocenters. The standard InChI is InChI=1S/C24H28FN3O3/c1-14(2)21(28-23(30)18-6-10-19(25)11-7-18)24(31)26-15(3)16-8-12-20(13-9-16)27-22(29)17-4-5-17/h6-15,17,21H,4-5H2,1-3H3,(H,26,31)(H,27,29)(H,28,30). The van der Waals surface area contributed by atoms with Crippen LogP contribution < -0.4 is 16.0 Å². The molecule has 3 rings (SSSR count). The fraction of sp³-hybridized carbons (Fsp3) is 0.375. The van der Waals surface area contributed by atoms with E-state index in [-0.39, 0.29) is 35.3 Å². The van der Waals surface area contributed by atoms with Crippen LogP contribution in [0.1, 0.15) is 55.6 Å². The van der Waals surface area contributed by atoms with Gasteiger partial charge in [-0.3, -0.25) is 14.4 Å². The Labute approximate surface area is 181 Å². The first-order chi connectivity index (χ1) is 14.7. The molecule has 1 aliphatic carbocycles. The minimum absolute atomic E-state index is 0.0470. The van der Waals surface area contributed by atoms with Gasteiger partial charge in [0.05, 0.1) is 6.04 Å². The van der Waals surface area contributed by atoms with Crippen molar-refractivity contribution in [3.05, 3.63) is 65.5 Å². The van der Waals surface area contributed by atoms with E-state index in [9.17, 15) is 18.8 Å². The van der Waals surface area contributed by atoms with E-state index >= 15 is 0 Å². The van der Waals surface area contributed by atoms with Gasteiger partial charge in [-0.15, -0.1) is 0 Å². The average molecular weight is 426 g/mol. The molecule has 2 aromatic carbocycles. The van der Waals surface area contributed by atoms with Crippen molar-refractivity contribution in [1.29, 1.82) is 0 Å². The maximum absolute atomic E-state index is 13.1. The van der Waals surface area contributed by atoms with Gasteiger partial charge in [-0.05, 0) is 67.6 Å². The van der Waals surface area contributed by atoms with Crippen molar-refractivity contribution in [1.82, 2.24) is 10.6 Å². The number of carbonyl (C=O) groups excluding carboxylic acids is 3. The van der Waals surface area contributed by atoms with Gasteiger partial charge >= 0.3 is 0 Å². The highest BCUT2D eigenvalue weighted by atomic mass is 19.1. The van der Waals surface area contributed by atoms with Gasteiger partial charge in [0.2, 0.25) is 11.8 Å². The van der Waals surface area contributed by atoms with Crippen LogP contribution in [0.4, 0.5) is 10.1 Å². The first kappa shape index (κ1) is 22.5. The number of anilines is 1. The Morgan fingerprint density at radius 3 is 2.06 bits per heavy atom. The number of carbonyl (C=O) groups is 3. The van der Waals surface area contributed by atoms with Crippen LogP contribution in [0.2, 0.25) is 0 Å². The van der Waals surface area contributed by atoms with Crippen LogP contribution >= 0.6 is 0 Å². The smallest absolute Gasteiger partial charge is 0.251 e. The van der Waals surface area contributed by atoms with Crippen molar-refractivity contribution in [2.45, 2.75) is 45.7 Å². The lowest BCUT2D eigenvalue weighted by atomic mass is 10.0. The number of nitrogens with one attached hydrogen (secondary N) is 3. The number of halogens is 1. The largest absolute Gasteiger partial charge is 0.348 e. The molecule has 3 N–H and O–H groups in total. The van der Waals surface area contributed by atoms with Crippen molar-refractivity contribution in [2.75, 3.05) is 5.32 Å². The minimum Gasteiger partial charge on any atom is -0.348 e. The third kappa shape index (κ3) is 6.13. The van der Waals surface area contributed by atoms with Crippen LogP contribution in [-0.2, 0) is 9.59 Å². The predicted molar refractivity (Wildman–Crippen MR) is 117 cm³/mol. The number of hydrogen-bond donors (Lipinski definition) is 3. The summed E-state index contributed by atoms with van der Waals surface area (Å²) in [5, 5.41) is 8.55. The zero-order chi connectivity index (χ0) is 22.5. The third-order valence-electron chi connectivity index (χ3n) is 5.33. The number of benzene rings is 2. The highest BCUT2D eigenvalue weighted by Crippen LogP contribution is 2.30. The van der Waals surface area contributed by atoms with E-state index in [0.717, 1.165) is 24.1 Å². The zero-order valence-corrected chi connectivity index (χ0v) is 17.9. The van der Waals surface area contributed by atoms with Crippen molar-refractivity contribution >= 4 is 23.4 Å². The zero-order valence-electron chi connectivity index (χ0n) is 17.9. The second-order valence-corrected chi connectivity index (χ2v) is 8.32. The summed E-state index contributed by atoms with van der Waals surface area (Å²) < 4.78 is 13.1. The molecule has 7 heteroatoms. The molecule has 31 heavy (non-hydrogen) atoms. The monoisotopic (exact) mass is 425 g/mol. The molecular weight excluding hydrogens is 397 g/mol. The molecule has 2 aromatic rings. The van der Waals surface area contributed by atoms with Gasteiger partial charge in [-0.25, -0.2) is 4.39 Å². The van der Waals surface area contributed by atoms with Gasteiger partial charge in [-0.2, -0.15) is 0 Å². The molecule has 0 bridgehead atoms. The highest BCUT2D eigenvalue weighted by Gasteiger charge is 2.29. The first-order valence-electron chi connectivity index (χ1n) is 10.5. The van der Waals surface area contributed by atoms with E-state index in [4.69, 9.17) is 0 Å². The molecule has 0 heterocycles. The summed E-state index contributed by atoms with van der Waals surface area (Å²) in [6.07, 6.45) is 1.89. The molecule has 0 aromatic heterocycles. The lowest BCUT2D eigenvalue weighted by Gasteiger charge is -2.24. The topological polar surface area (TPSA) is 87.3 Å². The normalized spacial score (nSPS) is 15.1. The van der Waals surface area contributed by atoms with Gasteiger partial charge in [0.15, 0.2) is 0 Å². The summed E-state index contributed by atoms with van der Waals surface area (Å²) in [4.78, 5) is 37.2. The summed E-state index contributed by atoms with van der Waals surface area (Å²) in [6, 6.07) is 11.5. The molecule has 1 fully saturated rings. The van der Waals surface area contributed by atoms with Crippen molar-refractivity contribution in [2.24, 2.45) is 11.8 Å². The lowest BCUT2D eigenvalue weighted by Crippen LogP contribution is -2.50. The molecule has 0 saturated heterocycles. The highest BCUT2D eigenvalue weighted by molar-refractivity contribution is 5.97. The van der Waals surface area contributed by atoms with Gasteiger partial charge < -0.3 is 16.0 Å². The number of hydrogen-bond acceptors (Lipinski definition) is 3. The van der Waals surface area contributed by atoms with Gasteiger partial charge in [0, 0.05) is 17.2 Å². The first-order valence-corrected chi connectivity index (χ1v) is 10.5. The second-order valence-electron chi connectivity index (χ2n) is 8.32. The van der Waals surface area contributed by atoms with Crippen molar-refractivity contribution in [3.8, 4) is 0 Å². The summed E-state index contributed by atoms with van der Waals surface area (Å²) in [5.41, 5.74) is 1.90. The summed E-state index contributed by atoms with van der Waals surface area (Å²) in [7, 11) is 0. The molecule has 3 amide bonds. The molecule has 2 unspecified atom stereocenters. The van der Waals surface area contributed by atoms with E-state index < -0.39 is 17.8 Å². The van der Waals surface area contributed by atoms with E-state index in [1.807, 2.05) is 45.0 Å². The maximum atomic E-state index is 13.1. The molecule has 6 nitrogen and oxygen atoms in total. The Kier molecular flexibility index (Phi) is 7.05. The van der Waals surface area contributed by atoms with Crippen molar-refractivity contribution < 1.29 is 18.8 Å². The summed E-state index contributed by atoms with van der Waals surface area (Å²) in [6.45, 7) is 5.54. The van der Waals surface area contributed by atoms with Crippen LogP contribution in [-0.4, -0.2) is 23.8 Å². The molecule has 0 radical (unpaired) electrons. The second kappa shape index (κ2) is 9.73. The number of amides is 3. The maximum Gasteiger partial charge on any atom is 0.251 e.